The first kappa shape index (κ1) is 12.6. The van der Waals surface area contributed by atoms with Gasteiger partial charge in [-0.1, -0.05) is 28.1 Å². The van der Waals surface area contributed by atoms with E-state index in [2.05, 4.69) is 61.1 Å². The fraction of sp³-hybridized carbons (Fsp3) is 0. The van der Waals surface area contributed by atoms with Crippen molar-refractivity contribution in [2.45, 2.75) is 0 Å². The third kappa shape index (κ3) is 2.38. The van der Waals surface area contributed by atoms with Gasteiger partial charge in [-0.25, -0.2) is 0 Å². The molecule has 1 N–H and O–H groups in total. The maximum Gasteiger partial charge on any atom is 0.124 e. The summed E-state index contributed by atoms with van der Waals surface area (Å²) in [4.78, 5) is 0. The van der Waals surface area contributed by atoms with Crippen LogP contribution in [0.1, 0.15) is 0 Å². The van der Waals surface area contributed by atoms with Crippen LogP contribution in [-0.2, 0) is 0 Å². The highest BCUT2D eigenvalue weighted by Gasteiger charge is 2.14. The summed E-state index contributed by atoms with van der Waals surface area (Å²) in [5.74, 6) is 0.316. The minimum absolute atomic E-state index is 0.316. The van der Waals surface area contributed by atoms with Gasteiger partial charge < -0.3 is 5.11 Å². The van der Waals surface area contributed by atoms with Crippen molar-refractivity contribution < 1.29 is 5.11 Å². The number of aromatic hydroxyl groups is 1. The van der Waals surface area contributed by atoms with Gasteiger partial charge in [0.2, 0.25) is 0 Å². The van der Waals surface area contributed by atoms with Crippen LogP contribution in [0.5, 0.6) is 5.75 Å². The van der Waals surface area contributed by atoms with Crippen LogP contribution >= 0.6 is 61.1 Å². The zero-order chi connectivity index (χ0) is 11.7. The summed E-state index contributed by atoms with van der Waals surface area (Å²) >= 11 is 8.05. The molecular formula is C12H7BrI2O. The molecule has 0 radical (unpaired) electrons. The molecule has 16 heavy (non-hydrogen) atoms. The highest BCUT2D eigenvalue weighted by atomic mass is 127. The third-order valence-corrected chi connectivity index (χ3v) is 4.66. The van der Waals surface area contributed by atoms with E-state index in [4.69, 9.17) is 0 Å². The predicted molar refractivity (Wildman–Crippen MR) is 86.7 cm³/mol. The molecule has 0 amide bonds. The first-order valence-corrected chi connectivity index (χ1v) is 7.48. The topological polar surface area (TPSA) is 20.2 Å². The maximum absolute atomic E-state index is 9.96. The van der Waals surface area contributed by atoms with Crippen molar-refractivity contribution in [1.82, 2.24) is 0 Å². The number of rotatable bonds is 1. The van der Waals surface area contributed by atoms with E-state index in [0.29, 0.717) is 5.75 Å². The molecular weight excluding hydrogens is 494 g/mol. The Bertz CT molecular complexity index is 451. The lowest BCUT2D eigenvalue weighted by Gasteiger charge is -2.11. The van der Waals surface area contributed by atoms with Crippen molar-refractivity contribution in [2.24, 2.45) is 0 Å². The Kier molecular flexibility index (Phi) is 4.12. The molecule has 0 aromatic heterocycles. The van der Waals surface area contributed by atoms with Crippen molar-refractivity contribution in [2.75, 3.05) is 0 Å². The molecule has 0 saturated heterocycles. The highest BCUT2D eigenvalue weighted by Crippen LogP contribution is 2.40. The van der Waals surface area contributed by atoms with Crippen molar-refractivity contribution >= 4 is 61.1 Å². The van der Waals surface area contributed by atoms with Crippen LogP contribution in [0.15, 0.2) is 40.9 Å². The fourth-order valence-electron chi connectivity index (χ4n) is 1.50. The lowest BCUT2D eigenvalue weighted by Crippen LogP contribution is -1.88. The number of hydrogen-bond donors (Lipinski definition) is 1. The van der Waals surface area contributed by atoms with Gasteiger partial charge in [-0.15, -0.1) is 0 Å². The van der Waals surface area contributed by atoms with E-state index >= 15 is 0 Å². The molecule has 0 spiro atoms. The van der Waals surface area contributed by atoms with Crippen LogP contribution in [0.25, 0.3) is 11.1 Å². The summed E-state index contributed by atoms with van der Waals surface area (Å²) in [5.41, 5.74) is 1.94. The zero-order valence-corrected chi connectivity index (χ0v) is 13.9. The Labute approximate surface area is 130 Å². The third-order valence-electron chi connectivity index (χ3n) is 2.20. The minimum atomic E-state index is 0.316. The van der Waals surface area contributed by atoms with Gasteiger partial charge in [-0.2, -0.15) is 0 Å². The van der Waals surface area contributed by atoms with Crippen LogP contribution in [0.3, 0.4) is 0 Å². The first-order chi connectivity index (χ1) is 7.61. The average molecular weight is 501 g/mol. The fourth-order valence-corrected chi connectivity index (χ4v) is 3.95. The molecule has 0 unspecified atom stereocenters. The lowest BCUT2D eigenvalue weighted by atomic mass is 10.1. The molecule has 1 nitrogen and oxygen atoms in total. The van der Waals surface area contributed by atoms with Gasteiger partial charge in [0.1, 0.15) is 5.75 Å². The van der Waals surface area contributed by atoms with Crippen LogP contribution in [-0.4, -0.2) is 5.11 Å². The van der Waals surface area contributed by atoms with Gasteiger partial charge in [-0.05, 0) is 69.4 Å². The Morgan fingerprint density at radius 2 is 1.44 bits per heavy atom. The van der Waals surface area contributed by atoms with E-state index < -0.39 is 0 Å². The van der Waals surface area contributed by atoms with Gasteiger partial charge in [0.25, 0.3) is 0 Å². The zero-order valence-electron chi connectivity index (χ0n) is 8.05. The summed E-state index contributed by atoms with van der Waals surface area (Å²) in [5, 5.41) is 9.96. The second-order valence-corrected chi connectivity index (χ2v) is 6.41. The predicted octanol–water partition coefficient (Wildman–Crippen LogP) is 5.03. The number of phenolic OH excluding ortho intramolecular Hbond substituents is 1. The smallest absolute Gasteiger partial charge is 0.124 e. The Balaban J connectivity index is 2.77. The molecule has 2 aromatic carbocycles. The number of benzene rings is 2. The molecule has 0 heterocycles. The Hall–Kier alpha value is 0.180. The highest BCUT2D eigenvalue weighted by molar-refractivity contribution is 14.1. The van der Waals surface area contributed by atoms with Gasteiger partial charge in [0.15, 0.2) is 0 Å². The monoisotopic (exact) mass is 500 g/mol. The molecule has 0 saturated carbocycles. The van der Waals surface area contributed by atoms with E-state index in [-0.39, 0.29) is 0 Å². The summed E-state index contributed by atoms with van der Waals surface area (Å²) in [6.07, 6.45) is 0. The second-order valence-electron chi connectivity index (χ2n) is 3.23. The average Bonchev–Trinajstić information content (AvgIpc) is 2.21. The van der Waals surface area contributed by atoms with Gasteiger partial charge in [0, 0.05) is 22.7 Å². The summed E-state index contributed by atoms with van der Waals surface area (Å²) in [7, 11) is 0. The quantitative estimate of drug-likeness (QED) is 0.545. The van der Waals surface area contributed by atoms with E-state index in [9.17, 15) is 5.11 Å². The second kappa shape index (κ2) is 5.22. The summed E-state index contributed by atoms with van der Waals surface area (Å²) in [6.45, 7) is 0. The van der Waals surface area contributed by atoms with E-state index in [1.165, 1.54) is 0 Å². The normalized spacial score (nSPS) is 10.4. The van der Waals surface area contributed by atoms with E-state index in [1.807, 2.05) is 30.3 Å². The SMILES string of the molecule is Oc1cccc(I)c1-c1c(Br)cccc1I. The van der Waals surface area contributed by atoms with Crippen LogP contribution < -0.4 is 0 Å². The molecule has 0 atom stereocenters. The molecule has 0 aliphatic heterocycles. The standard InChI is InChI=1S/C12H7BrI2O/c13-7-3-1-4-8(14)11(7)12-9(15)5-2-6-10(12)16/h1-6,16H. The molecule has 0 aliphatic rings. The Morgan fingerprint density at radius 3 is 2.00 bits per heavy atom. The summed E-state index contributed by atoms with van der Waals surface area (Å²) in [6, 6.07) is 11.6. The number of halogens is 3. The van der Waals surface area contributed by atoms with Gasteiger partial charge in [-0.3, -0.25) is 0 Å². The molecule has 82 valence electrons. The molecule has 2 aromatic rings. The van der Waals surface area contributed by atoms with Crippen molar-refractivity contribution in [3.05, 3.63) is 48.0 Å². The van der Waals surface area contributed by atoms with E-state index in [1.54, 1.807) is 6.07 Å². The lowest BCUT2D eigenvalue weighted by molar-refractivity contribution is 0.477. The molecule has 0 bridgehead atoms. The maximum atomic E-state index is 9.96. The van der Waals surface area contributed by atoms with Crippen molar-refractivity contribution in [3.63, 3.8) is 0 Å². The molecule has 2 rings (SSSR count). The first-order valence-electron chi connectivity index (χ1n) is 4.53. The van der Waals surface area contributed by atoms with Crippen LogP contribution in [0.4, 0.5) is 0 Å². The molecule has 4 heteroatoms. The van der Waals surface area contributed by atoms with Gasteiger partial charge >= 0.3 is 0 Å². The molecule has 0 fully saturated rings. The van der Waals surface area contributed by atoms with Crippen molar-refractivity contribution in [3.8, 4) is 16.9 Å². The number of phenols is 1. The van der Waals surface area contributed by atoms with Crippen molar-refractivity contribution in [1.29, 1.82) is 0 Å². The van der Waals surface area contributed by atoms with Crippen LogP contribution in [0, 0.1) is 7.14 Å². The van der Waals surface area contributed by atoms with E-state index in [0.717, 1.165) is 22.7 Å². The molecule has 0 aliphatic carbocycles. The van der Waals surface area contributed by atoms with Crippen LogP contribution in [0.2, 0.25) is 0 Å². The van der Waals surface area contributed by atoms with Gasteiger partial charge in [0.05, 0.1) is 0 Å². The Morgan fingerprint density at radius 1 is 0.875 bits per heavy atom. The minimum Gasteiger partial charge on any atom is -0.507 e. The largest absolute Gasteiger partial charge is 0.507 e. The number of hydrogen-bond acceptors (Lipinski definition) is 1. The summed E-state index contributed by atoms with van der Waals surface area (Å²) < 4.78 is 3.16.